The van der Waals surface area contributed by atoms with Gasteiger partial charge < -0.3 is 15.4 Å². The first-order valence-corrected chi connectivity index (χ1v) is 10.9. The third kappa shape index (κ3) is 4.12. The highest BCUT2D eigenvalue weighted by atomic mass is 35.5. The van der Waals surface area contributed by atoms with E-state index < -0.39 is 5.91 Å². The Balaban J connectivity index is 1.35. The molecule has 0 saturated carbocycles. The Kier molecular flexibility index (Phi) is 5.41. The summed E-state index contributed by atoms with van der Waals surface area (Å²) in [6, 6.07) is 25.3. The monoisotopic (exact) mass is 443 g/mol. The molecule has 1 saturated heterocycles. The molecule has 160 valence electrons. The van der Waals surface area contributed by atoms with Gasteiger partial charge >= 0.3 is 0 Å². The van der Waals surface area contributed by atoms with Crippen LogP contribution in [0.2, 0.25) is 5.02 Å². The van der Waals surface area contributed by atoms with Gasteiger partial charge in [-0.3, -0.25) is 4.79 Å². The number of ether oxygens (including phenoxy) is 1. The summed E-state index contributed by atoms with van der Waals surface area (Å²) < 4.78 is 6.16. The normalized spacial score (nSPS) is 15.8. The van der Waals surface area contributed by atoms with E-state index in [0.29, 0.717) is 23.0 Å². The molecule has 1 fully saturated rings. The summed E-state index contributed by atoms with van der Waals surface area (Å²) >= 11 is 6.05. The molecule has 1 amide bonds. The number of hydrogen-bond donors (Lipinski definition) is 1. The standard InChI is InChI=1S/C26H22ClN3O2/c27-20-8-9-23-19(14-20)7-11-25(29-23)32-21-12-13-30(16-21)24-10-6-18(15-22(24)26(28)31)17-4-2-1-3-5-17/h1-11,14-15,21H,12-13,16H2,(H2,28,31)/t21-/m0/s1. The van der Waals surface area contributed by atoms with E-state index in [1.165, 1.54) is 0 Å². The zero-order valence-corrected chi connectivity index (χ0v) is 18.1. The second-order valence-electron chi connectivity index (χ2n) is 7.92. The summed E-state index contributed by atoms with van der Waals surface area (Å²) in [6.45, 7) is 1.43. The van der Waals surface area contributed by atoms with E-state index in [-0.39, 0.29) is 6.10 Å². The molecule has 0 bridgehead atoms. The fourth-order valence-electron chi connectivity index (χ4n) is 4.18. The average molecular weight is 444 g/mol. The Labute approximate surface area is 191 Å². The van der Waals surface area contributed by atoms with Crippen LogP contribution in [0.15, 0.2) is 78.9 Å². The minimum atomic E-state index is -0.433. The lowest BCUT2D eigenvalue weighted by atomic mass is 10.0. The number of hydrogen-bond acceptors (Lipinski definition) is 4. The van der Waals surface area contributed by atoms with Crippen LogP contribution in [-0.2, 0) is 0 Å². The number of halogens is 1. The molecule has 5 nitrogen and oxygen atoms in total. The van der Waals surface area contributed by atoms with Crippen molar-refractivity contribution in [1.82, 2.24) is 4.98 Å². The third-order valence-electron chi connectivity index (χ3n) is 5.77. The van der Waals surface area contributed by atoms with Gasteiger partial charge in [-0.2, -0.15) is 0 Å². The molecular weight excluding hydrogens is 422 g/mol. The maximum Gasteiger partial charge on any atom is 0.250 e. The number of carbonyl (C=O) groups is 1. The van der Waals surface area contributed by atoms with E-state index in [0.717, 1.165) is 40.7 Å². The first kappa shape index (κ1) is 20.3. The maximum atomic E-state index is 12.2. The number of anilines is 1. The first-order valence-electron chi connectivity index (χ1n) is 10.5. The molecule has 1 aliphatic heterocycles. The highest BCUT2D eigenvalue weighted by Crippen LogP contribution is 2.31. The molecule has 1 aliphatic rings. The van der Waals surface area contributed by atoms with Crippen molar-refractivity contribution >= 4 is 34.1 Å². The average Bonchev–Trinajstić information content (AvgIpc) is 3.27. The van der Waals surface area contributed by atoms with Crippen LogP contribution < -0.4 is 15.4 Å². The molecule has 1 atom stereocenters. The fourth-order valence-corrected chi connectivity index (χ4v) is 4.36. The molecule has 6 heteroatoms. The smallest absolute Gasteiger partial charge is 0.250 e. The number of carbonyl (C=O) groups excluding carboxylic acids is 1. The predicted octanol–water partition coefficient (Wildman–Crippen LogP) is 5.31. The van der Waals surface area contributed by atoms with E-state index in [4.69, 9.17) is 22.1 Å². The summed E-state index contributed by atoms with van der Waals surface area (Å²) in [5.74, 6) is 0.151. The van der Waals surface area contributed by atoms with Crippen molar-refractivity contribution in [3.8, 4) is 17.0 Å². The molecule has 1 aromatic heterocycles. The van der Waals surface area contributed by atoms with E-state index in [2.05, 4.69) is 9.88 Å². The number of nitrogens with two attached hydrogens (primary N) is 1. The van der Waals surface area contributed by atoms with Crippen molar-refractivity contribution in [3.05, 3.63) is 89.4 Å². The van der Waals surface area contributed by atoms with E-state index in [1.54, 1.807) is 0 Å². The molecule has 3 aromatic carbocycles. The van der Waals surface area contributed by atoms with Crippen LogP contribution in [0.4, 0.5) is 5.69 Å². The molecule has 2 N–H and O–H groups in total. The molecule has 4 aromatic rings. The number of nitrogens with zero attached hydrogens (tertiary/aromatic N) is 2. The molecule has 2 heterocycles. The van der Waals surface area contributed by atoms with Crippen LogP contribution in [0.3, 0.4) is 0 Å². The lowest BCUT2D eigenvalue weighted by molar-refractivity contribution is 0.100. The lowest BCUT2D eigenvalue weighted by Gasteiger charge is -2.22. The largest absolute Gasteiger partial charge is 0.472 e. The number of benzene rings is 3. The predicted molar refractivity (Wildman–Crippen MR) is 128 cm³/mol. The Morgan fingerprint density at radius 2 is 1.84 bits per heavy atom. The Morgan fingerprint density at radius 3 is 2.66 bits per heavy atom. The highest BCUT2D eigenvalue weighted by Gasteiger charge is 2.27. The minimum absolute atomic E-state index is 0.0261. The van der Waals surface area contributed by atoms with Crippen molar-refractivity contribution in [2.45, 2.75) is 12.5 Å². The summed E-state index contributed by atoms with van der Waals surface area (Å²) in [5.41, 5.74) is 9.95. The number of rotatable bonds is 5. The number of aromatic nitrogens is 1. The van der Waals surface area contributed by atoms with Crippen molar-refractivity contribution in [3.63, 3.8) is 0 Å². The van der Waals surface area contributed by atoms with Gasteiger partial charge in [0.1, 0.15) is 6.10 Å². The van der Waals surface area contributed by atoms with Gasteiger partial charge in [0.05, 0.1) is 17.6 Å². The summed E-state index contributed by atoms with van der Waals surface area (Å²) in [4.78, 5) is 19.0. The summed E-state index contributed by atoms with van der Waals surface area (Å²) in [6.07, 6.45) is 0.806. The second kappa shape index (κ2) is 8.52. The fraction of sp³-hybridized carbons (Fsp3) is 0.154. The van der Waals surface area contributed by atoms with Gasteiger partial charge in [-0.25, -0.2) is 4.98 Å². The van der Waals surface area contributed by atoms with E-state index in [9.17, 15) is 4.79 Å². The van der Waals surface area contributed by atoms with Crippen molar-refractivity contribution in [2.24, 2.45) is 5.73 Å². The third-order valence-corrected chi connectivity index (χ3v) is 6.00. The second-order valence-corrected chi connectivity index (χ2v) is 8.36. The number of pyridine rings is 1. The molecule has 32 heavy (non-hydrogen) atoms. The zero-order valence-electron chi connectivity index (χ0n) is 17.4. The summed E-state index contributed by atoms with van der Waals surface area (Å²) in [7, 11) is 0. The van der Waals surface area contributed by atoms with Gasteiger partial charge in [-0.15, -0.1) is 0 Å². The van der Waals surface area contributed by atoms with E-state index in [1.807, 2.05) is 78.9 Å². The molecule has 0 unspecified atom stereocenters. The Bertz CT molecular complexity index is 1290. The molecular formula is C26H22ClN3O2. The Hall–Kier alpha value is -3.57. The van der Waals surface area contributed by atoms with Gasteiger partial charge in [0.2, 0.25) is 5.88 Å². The van der Waals surface area contributed by atoms with Gasteiger partial charge in [0.15, 0.2) is 0 Å². The minimum Gasteiger partial charge on any atom is -0.472 e. The van der Waals surface area contributed by atoms with Crippen LogP contribution in [0, 0.1) is 0 Å². The van der Waals surface area contributed by atoms with E-state index >= 15 is 0 Å². The number of fused-ring (bicyclic) bond motifs is 1. The van der Waals surface area contributed by atoms with Crippen molar-refractivity contribution in [2.75, 3.05) is 18.0 Å². The van der Waals surface area contributed by atoms with Gasteiger partial charge in [0, 0.05) is 35.1 Å². The van der Waals surface area contributed by atoms with Crippen molar-refractivity contribution < 1.29 is 9.53 Å². The van der Waals surface area contributed by atoms with Crippen LogP contribution >= 0.6 is 11.6 Å². The number of primary amides is 1. The van der Waals surface area contributed by atoms with Gasteiger partial charge in [0.25, 0.3) is 5.91 Å². The van der Waals surface area contributed by atoms with Crippen LogP contribution in [-0.4, -0.2) is 30.1 Å². The molecule has 0 spiro atoms. The zero-order chi connectivity index (χ0) is 22.1. The quantitative estimate of drug-likeness (QED) is 0.453. The van der Waals surface area contributed by atoms with Crippen molar-refractivity contribution in [1.29, 1.82) is 0 Å². The van der Waals surface area contributed by atoms with Gasteiger partial charge in [-0.1, -0.05) is 48.0 Å². The Morgan fingerprint density at radius 1 is 1.00 bits per heavy atom. The first-order chi connectivity index (χ1) is 15.6. The summed E-state index contributed by atoms with van der Waals surface area (Å²) in [5, 5.41) is 1.66. The van der Waals surface area contributed by atoms with Gasteiger partial charge in [-0.05, 0) is 47.5 Å². The van der Waals surface area contributed by atoms with Crippen LogP contribution in [0.25, 0.3) is 22.0 Å². The molecule has 0 aliphatic carbocycles. The number of amides is 1. The molecule has 0 radical (unpaired) electrons. The SMILES string of the molecule is NC(=O)c1cc(-c2ccccc2)ccc1N1CC[C@H](Oc2ccc3cc(Cl)ccc3n2)C1. The highest BCUT2D eigenvalue weighted by molar-refractivity contribution is 6.31. The lowest BCUT2D eigenvalue weighted by Crippen LogP contribution is -2.27. The maximum absolute atomic E-state index is 12.2. The van der Waals surface area contributed by atoms with Crippen LogP contribution in [0.5, 0.6) is 5.88 Å². The topological polar surface area (TPSA) is 68.5 Å². The van der Waals surface area contributed by atoms with Crippen LogP contribution in [0.1, 0.15) is 16.8 Å². The molecule has 5 rings (SSSR count).